The van der Waals surface area contributed by atoms with Crippen LogP contribution in [-0.2, 0) is 11.3 Å². The van der Waals surface area contributed by atoms with Crippen LogP contribution >= 0.6 is 15.9 Å². The number of hydrogen-bond acceptors (Lipinski definition) is 1. The number of halogens is 2. The molecule has 0 aromatic heterocycles. The number of rotatable bonds is 2. The third-order valence-electron chi connectivity index (χ3n) is 3.80. The Hall–Kier alpha value is -0.900. The van der Waals surface area contributed by atoms with Crippen LogP contribution < -0.4 is 0 Å². The van der Waals surface area contributed by atoms with E-state index in [1.165, 1.54) is 6.07 Å². The van der Waals surface area contributed by atoms with E-state index in [2.05, 4.69) is 29.8 Å². The van der Waals surface area contributed by atoms with Gasteiger partial charge in [0.05, 0.1) is 0 Å². The van der Waals surface area contributed by atoms with Crippen molar-refractivity contribution in [1.82, 2.24) is 4.90 Å². The molecule has 1 aromatic rings. The Morgan fingerprint density at radius 1 is 1.37 bits per heavy atom. The number of hydrogen-bond donors (Lipinski definition) is 0. The van der Waals surface area contributed by atoms with Crippen LogP contribution in [0.5, 0.6) is 0 Å². The summed E-state index contributed by atoms with van der Waals surface area (Å²) in [6, 6.07) is 4.99. The van der Waals surface area contributed by atoms with E-state index >= 15 is 0 Å². The van der Waals surface area contributed by atoms with Crippen LogP contribution in [-0.4, -0.2) is 17.4 Å². The summed E-state index contributed by atoms with van der Waals surface area (Å²) in [5.41, 5.74) is 0.777. The lowest BCUT2D eigenvalue weighted by atomic mass is 9.85. The minimum Gasteiger partial charge on any atom is -0.338 e. The summed E-state index contributed by atoms with van der Waals surface area (Å²) in [5, 5.41) is 0. The summed E-state index contributed by atoms with van der Waals surface area (Å²) in [7, 11) is 0. The monoisotopic (exact) mass is 327 g/mol. The van der Waals surface area contributed by atoms with Crippen LogP contribution in [0.15, 0.2) is 22.7 Å². The van der Waals surface area contributed by atoms with Gasteiger partial charge in [-0.2, -0.15) is 0 Å². The molecule has 2 rings (SSSR count). The molecule has 0 saturated carbocycles. The number of likely N-dealkylation sites (tertiary alicyclic amines) is 1. The fourth-order valence-corrected chi connectivity index (χ4v) is 2.65. The van der Waals surface area contributed by atoms with Gasteiger partial charge in [-0.15, -0.1) is 0 Å². The standard InChI is InChI=1S/C15H19BrFNO/c1-15(2)6-5-14(19)18(8-7-15)10-11-3-4-12(16)9-13(11)17/h3-4,9H,5-8,10H2,1-2H3. The highest BCUT2D eigenvalue weighted by Crippen LogP contribution is 2.31. The highest BCUT2D eigenvalue weighted by atomic mass is 79.9. The molecule has 0 aliphatic carbocycles. The molecule has 0 bridgehead atoms. The van der Waals surface area contributed by atoms with E-state index in [0.717, 1.165) is 17.3 Å². The van der Waals surface area contributed by atoms with Crippen molar-refractivity contribution in [3.63, 3.8) is 0 Å². The highest BCUT2D eigenvalue weighted by Gasteiger charge is 2.27. The topological polar surface area (TPSA) is 20.3 Å². The maximum Gasteiger partial charge on any atom is 0.222 e. The van der Waals surface area contributed by atoms with Gasteiger partial charge in [-0.25, -0.2) is 4.39 Å². The Bertz CT molecular complexity index is 487. The van der Waals surface area contributed by atoms with E-state index < -0.39 is 0 Å². The van der Waals surface area contributed by atoms with Crippen molar-refractivity contribution < 1.29 is 9.18 Å². The van der Waals surface area contributed by atoms with Crippen LogP contribution in [0.25, 0.3) is 0 Å². The van der Waals surface area contributed by atoms with Crippen molar-refractivity contribution in [3.05, 3.63) is 34.1 Å². The number of amides is 1. The number of nitrogens with zero attached hydrogens (tertiary/aromatic N) is 1. The summed E-state index contributed by atoms with van der Waals surface area (Å²) in [5.74, 6) is -0.126. The normalized spacial score (nSPS) is 19.4. The number of carbonyl (C=O) groups excluding carboxylic acids is 1. The molecule has 104 valence electrons. The third kappa shape index (κ3) is 3.78. The molecule has 1 aliphatic rings. The van der Waals surface area contributed by atoms with E-state index in [1.807, 2.05) is 6.07 Å². The van der Waals surface area contributed by atoms with Crippen molar-refractivity contribution in [2.75, 3.05) is 6.54 Å². The summed E-state index contributed by atoms with van der Waals surface area (Å²) < 4.78 is 14.5. The molecular formula is C15H19BrFNO. The lowest BCUT2D eigenvalue weighted by molar-refractivity contribution is -0.131. The van der Waals surface area contributed by atoms with E-state index in [0.29, 0.717) is 25.1 Å². The Balaban J connectivity index is 2.11. The lowest BCUT2D eigenvalue weighted by Crippen LogP contribution is -2.30. The smallest absolute Gasteiger partial charge is 0.222 e. The molecule has 19 heavy (non-hydrogen) atoms. The summed E-state index contributed by atoms with van der Waals surface area (Å²) in [6.07, 6.45) is 2.44. The zero-order valence-corrected chi connectivity index (χ0v) is 13.0. The molecule has 1 heterocycles. The van der Waals surface area contributed by atoms with Crippen molar-refractivity contribution in [2.45, 2.75) is 39.7 Å². The zero-order chi connectivity index (χ0) is 14.0. The second-order valence-electron chi connectivity index (χ2n) is 5.97. The first-order valence-corrected chi connectivity index (χ1v) is 7.38. The van der Waals surface area contributed by atoms with Crippen molar-refractivity contribution in [1.29, 1.82) is 0 Å². The van der Waals surface area contributed by atoms with Gasteiger partial charge in [-0.05, 0) is 30.4 Å². The van der Waals surface area contributed by atoms with Gasteiger partial charge in [0.2, 0.25) is 5.91 Å². The van der Waals surface area contributed by atoms with Gasteiger partial charge in [0, 0.05) is 29.5 Å². The molecule has 0 N–H and O–H groups in total. The average molecular weight is 328 g/mol. The minimum absolute atomic E-state index is 0.132. The molecular weight excluding hydrogens is 309 g/mol. The number of benzene rings is 1. The van der Waals surface area contributed by atoms with E-state index in [-0.39, 0.29) is 17.1 Å². The molecule has 1 saturated heterocycles. The molecule has 1 aliphatic heterocycles. The first-order chi connectivity index (χ1) is 8.87. The predicted octanol–water partition coefficient (Wildman–Crippen LogP) is 4.13. The van der Waals surface area contributed by atoms with Gasteiger partial charge in [-0.1, -0.05) is 35.8 Å². The van der Waals surface area contributed by atoms with Gasteiger partial charge in [-0.3, -0.25) is 4.79 Å². The molecule has 4 heteroatoms. The maximum absolute atomic E-state index is 13.8. The largest absolute Gasteiger partial charge is 0.338 e. The van der Waals surface area contributed by atoms with Crippen molar-refractivity contribution in [2.24, 2.45) is 5.41 Å². The van der Waals surface area contributed by atoms with E-state index in [1.54, 1.807) is 11.0 Å². The minimum atomic E-state index is -0.259. The Kier molecular flexibility index (Phi) is 4.29. The van der Waals surface area contributed by atoms with Crippen LogP contribution in [0.4, 0.5) is 4.39 Å². The summed E-state index contributed by atoms with van der Waals surface area (Å²) >= 11 is 3.24. The van der Waals surface area contributed by atoms with Crippen LogP contribution in [0.3, 0.4) is 0 Å². The quantitative estimate of drug-likeness (QED) is 0.799. The zero-order valence-electron chi connectivity index (χ0n) is 11.4. The Morgan fingerprint density at radius 3 is 2.79 bits per heavy atom. The number of carbonyl (C=O) groups is 1. The fourth-order valence-electron chi connectivity index (χ4n) is 2.31. The van der Waals surface area contributed by atoms with Gasteiger partial charge < -0.3 is 4.90 Å². The molecule has 1 aromatic carbocycles. The van der Waals surface area contributed by atoms with Gasteiger partial charge in [0.25, 0.3) is 0 Å². The summed E-state index contributed by atoms with van der Waals surface area (Å²) in [6.45, 7) is 5.45. The third-order valence-corrected chi connectivity index (χ3v) is 4.30. The second kappa shape index (κ2) is 5.61. The maximum atomic E-state index is 13.8. The molecule has 1 amide bonds. The Morgan fingerprint density at radius 2 is 2.11 bits per heavy atom. The highest BCUT2D eigenvalue weighted by molar-refractivity contribution is 9.10. The molecule has 1 fully saturated rings. The van der Waals surface area contributed by atoms with E-state index in [9.17, 15) is 9.18 Å². The molecule has 0 atom stereocenters. The van der Waals surface area contributed by atoms with Gasteiger partial charge in [0.1, 0.15) is 5.82 Å². The van der Waals surface area contributed by atoms with E-state index in [4.69, 9.17) is 0 Å². The fraction of sp³-hybridized carbons (Fsp3) is 0.533. The Labute approximate surface area is 122 Å². The van der Waals surface area contributed by atoms with Crippen LogP contribution in [0.1, 0.15) is 38.7 Å². The van der Waals surface area contributed by atoms with Crippen LogP contribution in [0.2, 0.25) is 0 Å². The first-order valence-electron chi connectivity index (χ1n) is 6.59. The first kappa shape index (κ1) is 14.5. The van der Waals surface area contributed by atoms with Crippen LogP contribution in [0, 0.1) is 11.2 Å². The predicted molar refractivity (Wildman–Crippen MR) is 77.1 cm³/mol. The molecule has 0 radical (unpaired) electrons. The SMILES string of the molecule is CC1(C)CCC(=O)N(Cc2ccc(Br)cc2F)CC1. The van der Waals surface area contributed by atoms with Gasteiger partial charge >= 0.3 is 0 Å². The molecule has 0 spiro atoms. The average Bonchev–Trinajstić information content (AvgIpc) is 2.45. The second-order valence-corrected chi connectivity index (χ2v) is 6.88. The molecule has 2 nitrogen and oxygen atoms in total. The van der Waals surface area contributed by atoms with Gasteiger partial charge in [0.15, 0.2) is 0 Å². The molecule has 0 unspecified atom stereocenters. The summed E-state index contributed by atoms with van der Waals surface area (Å²) in [4.78, 5) is 13.9. The van der Waals surface area contributed by atoms with Crippen molar-refractivity contribution >= 4 is 21.8 Å². The van der Waals surface area contributed by atoms with Crippen molar-refractivity contribution in [3.8, 4) is 0 Å². The lowest BCUT2D eigenvalue weighted by Gasteiger charge is -2.23.